The minimum Gasteiger partial charge on any atom is -0.329 e. The van der Waals surface area contributed by atoms with E-state index in [0.717, 1.165) is 44.5 Å². The Balaban J connectivity index is 1.77. The molecule has 0 N–H and O–H groups in total. The van der Waals surface area contributed by atoms with E-state index in [1.165, 1.54) is 5.56 Å². The summed E-state index contributed by atoms with van der Waals surface area (Å²) in [7, 11) is 0. The molecular formula is C25H30N2O. The summed E-state index contributed by atoms with van der Waals surface area (Å²) in [4.78, 5) is 17.8. The van der Waals surface area contributed by atoms with Crippen LogP contribution in [0.3, 0.4) is 0 Å². The van der Waals surface area contributed by atoms with Crippen LogP contribution in [0.4, 0.5) is 0 Å². The smallest absolute Gasteiger partial charge is 0.254 e. The number of carbonyl (C=O) groups excluding carboxylic acids is 1. The number of benzene rings is 2. The largest absolute Gasteiger partial charge is 0.329 e. The third kappa shape index (κ3) is 4.60. The average molecular weight is 375 g/mol. The maximum atomic E-state index is 13.3. The lowest BCUT2D eigenvalue weighted by Crippen LogP contribution is -2.57. The number of piperidine rings is 1. The van der Waals surface area contributed by atoms with Gasteiger partial charge in [-0.05, 0) is 37.0 Å². The predicted octanol–water partition coefficient (Wildman–Crippen LogP) is 4.93. The number of likely N-dealkylation sites (tertiary alicyclic amines) is 1. The molecule has 2 aromatic rings. The van der Waals surface area contributed by atoms with Gasteiger partial charge < -0.3 is 4.90 Å². The van der Waals surface area contributed by atoms with Crippen LogP contribution in [0.1, 0.15) is 35.2 Å². The van der Waals surface area contributed by atoms with Gasteiger partial charge in [-0.25, -0.2) is 0 Å². The van der Waals surface area contributed by atoms with Crippen LogP contribution < -0.4 is 0 Å². The zero-order valence-electron chi connectivity index (χ0n) is 16.6. The molecule has 0 aromatic heterocycles. The quantitative estimate of drug-likeness (QED) is 0.612. The number of rotatable bonds is 8. The molecule has 0 unspecified atom stereocenters. The minimum atomic E-state index is -0.198. The van der Waals surface area contributed by atoms with Crippen LogP contribution in [0.15, 0.2) is 86.0 Å². The van der Waals surface area contributed by atoms with Gasteiger partial charge in [0.05, 0.1) is 0 Å². The van der Waals surface area contributed by atoms with Crippen LogP contribution >= 0.6 is 0 Å². The lowest BCUT2D eigenvalue weighted by Gasteiger charge is -2.48. The van der Waals surface area contributed by atoms with Crippen molar-refractivity contribution < 1.29 is 4.79 Å². The van der Waals surface area contributed by atoms with E-state index in [1.807, 2.05) is 47.4 Å². The Hall–Kier alpha value is -2.65. The molecule has 0 aliphatic carbocycles. The number of amides is 1. The fraction of sp³-hybridized carbons (Fsp3) is 0.320. The molecule has 3 heteroatoms. The van der Waals surface area contributed by atoms with Gasteiger partial charge in [0, 0.05) is 37.3 Å². The Morgan fingerprint density at radius 1 is 0.964 bits per heavy atom. The molecule has 1 heterocycles. The molecular weight excluding hydrogens is 344 g/mol. The van der Waals surface area contributed by atoms with Crippen molar-refractivity contribution in [1.82, 2.24) is 9.80 Å². The van der Waals surface area contributed by atoms with E-state index < -0.39 is 0 Å². The van der Waals surface area contributed by atoms with E-state index in [-0.39, 0.29) is 11.4 Å². The van der Waals surface area contributed by atoms with Crippen LogP contribution in [-0.4, -0.2) is 40.9 Å². The van der Waals surface area contributed by atoms with Crippen LogP contribution in [0.25, 0.3) is 0 Å². The van der Waals surface area contributed by atoms with Crippen molar-refractivity contribution in [3.8, 4) is 0 Å². The topological polar surface area (TPSA) is 23.6 Å². The molecule has 1 amide bonds. The van der Waals surface area contributed by atoms with Gasteiger partial charge >= 0.3 is 0 Å². The lowest BCUT2D eigenvalue weighted by molar-refractivity contribution is 0.0229. The summed E-state index contributed by atoms with van der Waals surface area (Å²) in [5.74, 6) is 0.0823. The molecule has 2 aromatic carbocycles. The highest BCUT2D eigenvalue weighted by Gasteiger charge is 2.41. The third-order valence-corrected chi connectivity index (χ3v) is 5.71. The molecule has 3 nitrogen and oxygen atoms in total. The number of carbonyl (C=O) groups is 1. The molecule has 1 aliphatic heterocycles. The summed E-state index contributed by atoms with van der Waals surface area (Å²) in [5, 5.41) is 0. The molecule has 0 radical (unpaired) electrons. The van der Waals surface area contributed by atoms with E-state index in [4.69, 9.17) is 0 Å². The van der Waals surface area contributed by atoms with Crippen LogP contribution in [-0.2, 0) is 6.54 Å². The van der Waals surface area contributed by atoms with E-state index in [2.05, 4.69) is 48.4 Å². The Morgan fingerprint density at radius 3 is 2.14 bits per heavy atom. The summed E-state index contributed by atoms with van der Waals surface area (Å²) in [5.41, 5.74) is 1.87. The zero-order chi connectivity index (χ0) is 19.8. The van der Waals surface area contributed by atoms with Gasteiger partial charge in [0.25, 0.3) is 5.91 Å². The van der Waals surface area contributed by atoms with Gasteiger partial charge in [0.1, 0.15) is 0 Å². The van der Waals surface area contributed by atoms with E-state index >= 15 is 0 Å². The van der Waals surface area contributed by atoms with E-state index in [9.17, 15) is 4.79 Å². The summed E-state index contributed by atoms with van der Waals surface area (Å²) in [6.45, 7) is 11.3. The summed E-state index contributed by atoms with van der Waals surface area (Å²) < 4.78 is 0. The number of hydrogen-bond donors (Lipinski definition) is 0. The predicted molar refractivity (Wildman–Crippen MR) is 116 cm³/mol. The van der Waals surface area contributed by atoms with Gasteiger partial charge in [-0.2, -0.15) is 0 Å². The van der Waals surface area contributed by atoms with Gasteiger partial charge in [-0.3, -0.25) is 9.69 Å². The maximum absolute atomic E-state index is 13.3. The van der Waals surface area contributed by atoms with Crippen molar-refractivity contribution in [2.75, 3.05) is 19.6 Å². The van der Waals surface area contributed by atoms with Crippen LogP contribution in [0.2, 0.25) is 0 Å². The number of nitrogens with zero attached hydrogens (tertiary/aromatic N) is 2. The first-order chi connectivity index (χ1) is 13.7. The Kier molecular flexibility index (Phi) is 6.83. The second kappa shape index (κ2) is 9.52. The summed E-state index contributed by atoms with van der Waals surface area (Å²) >= 11 is 0. The standard InChI is InChI=1S/C25H30N2O/c1-3-15-25(27(18-4-2)24(28)23-13-9-6-10-14-23)16-19-26(20-17-25)21-22-11-7-5-8-12-22/h3-14H,1-2,15-21H2. The van der Waals surface area contributed by atoms with Crippen molar-refractivity contribution in [2.24, 2.45) is 0 Å². The van der Waals surface area contributed by atoms with Crippen LogP contribution in [0, 0.1) is 0 Å². The SMILES string of the molecule is C=CCN(C(=O)c1ccccc1)C1(CC=C)CCN(Cc2ccccc2)CC1. The number of hydrogen-bond acceptors (Lipinski definition) is 2. The normalized spacial score (nSPS) is 16.3. The first-order valence-electron chi connectivity index (χ1n) is 10.0. The molecule has 1 saturated heterocycles. The van der Waals surface area contributed by atoms with Crippen molar-refractivity contribution in [3.05, 3.63) is 97.1 Å². The highest BCUT2D eigenvalue weighted by atomic mass is 16.2. The fourth-order valence-corrected chi connectivity index (χ4v) is 4.18. The van der Waals surface area contributed by atoms with Crippen molar-refractivity contribution in [2.45, 2.75) is 31.3 Å². The van der Waals surface area contributed by atoms with Gasteiger partial charge in [-0.15, -0.1) is 13.2 Å². The first-order valence-corrected chi connectivity index (χ1v) is 10.0. The Morgan fingerprint density at radius 2 is 1.57 bits per heavy atom. The second-order valence-electron chi connectivity index (χ2n) is 7.55. The zero-order valence-corrected chi connectivity index (χ0v) is 16.6. The third-order valence-electron chi connectivity index (χ3n) is 5.71. The summed E-state index contributed by atoms with van der Waals surface area (Å²) in [6.07, 6.45) is 6.48. The summed E-state index contributed by atoms with van der Waals surface area (Å²) in [6, 6.07) is 20.1. The van der Waals surface area contributed by atoms with Gasteiger partial charge in [-0.1, -0.05) is 60.7 Å². The fourth-order valence-electron chi connectivity index (χ4n) is 4.18. The molecule has 3 rings (SSSR count). The van der Waals surface area contributed by atoms with Crippen molar-refractivity contribution in [3.63, 3.8) is 0 Å². The average Bonchev–Trinajstić information content (AvgIpc) is 2.75. The second-order valence-corrected chi connectivity index (χ2v) is 7.55. The van der Waals surface area contributed by atoms with Crippen LogP contribution in [0.5, 0.6) is 0 Å². The van der Waals surface area contributed by atoms with Gasteiger partial charge in [0.2, 0.25) is 0 Å². The molecule has 0 atom stereocenters. The Bertz CT molecular complexity index is 777. The van der Waals surface area contributed by atoms with Gasteiger partial charge in [0.15, 0.2) is 0 Å². The molecule has 0 bridgehead atoms. The van der Waals surface area contributed by atoms with E-state index in [0.29, 0.717) is 6.54 Å². The monoisotopic (exact) mass is 374 g/mol. The first kappa shape index (κ1) is 20.1. The van der Waals surface area contributed by atoms with Crippen molar-refractivity contribution >= 4 is 5.91 Å². The molecule has 0 spiro atoms. The van der Waals surface area contributed by atoms with E-state index in [1.54, 1.807) is 0 Å². The lowest BCUT2D eigenvalue weighted by atomic mass is 9.81. The molecule has 0 saturated carbocycles. The highest BCUT2D eigenvalue weighted by molar-refractivity contribution is 5.94. The van der Waals surface area contributed by atoms with Crippen molar-refractivity contribution in [1.29, 1.82) is 0 Å². The molecule has 1 aliphatic rings. The minimum absolute atomic E-state index is 0.0823. The maximum Gasteiger partial charge on any atom is 0.254 e. The Labute approximate surface area is 169 Å². The molecule has 1 fully saturated rings. The molecule has 28 heavy (non-hydrogen) atoms. The molecule has 146 valence electrons. The highest BCUT2D eigenvalue weighted by Crippen LogP contribution is 2.34.